The maximum Gasteiger partial charge on any atom is 0.230 e. The van der Waals surface area contributed by atoms with Crippen LogP contribution in [0.5, 0.6) is 0 Å². The lowest BCUT2D eigenvalue weighted by Gasteiger charge is -2.40. The molecule has 0 saturated heterocycles. The smallest absolute Gasteiger partial charge is 0.230 e. The van der Waals surface area contributed by atoms with Crippen LogP contribution in [-0.4, -0.2) is 17.4 Å². The van der Waals surface area contributed by atoms with Crippen LogP contribution in [0.25, 0.3) is 11.1 Å². The summed E-state index contributed by atoms with van der Waals surface area (Å²) in [6.07, 6.45) is 7.65. The van der Waals surface area contributed by atoms with Crippen LogP contribution in [0, 0.1) is 0 Å². The van der Waals surface area contributed by atoms with E-state index in [1.165, 1.54) is 0 Å². The predicted molar refractivity (Wildman–Crippen MR) is 88.5 cm³/mol. The number of benzene rings is 1. The van der Waals surface area contributed by atoms with Gasteiger partial charge in [-0.15, -0.1) is 0 Å². The molecule has 3 rings (SSSR count). The maximum absolute atomic E-state index is 12.5. The van der Waals surface area contributed by atoms with E-state index in [9.17, 15) is 4.79 Å². The Balaban J connectivity index is 1.83. The maximum atomic E-state index is 12.5. The van der Waals surface area contributed by atoms with E-state index in [1.54, 1.807) is 6.20 Å². The number of hydrogen-bond donors (Lipinski definition) is 1. The SMILES string of the molecule is CCCNC(=O)C1(c2ccc(-c3cccnc3)cc2)CCC1. The van der Waals surface area contributed by atoms with Crippen molar-refractivity contribution in [3.63, 3.8) is 0 Å². The molecule has 0 aliphatic heterocycles. The van der Waals surface area contributed by atoms with Crippen molar-refractivity contribution in [2.75, 3.05) is 6.54 Å². The van der Waals surface area contributed by atoms with E-state index in [4.69, 9.17) is 0 Å². The van der Waals surface area contributed by atoms with Crippen LogP contribution >= 0.6 is 0 Å². The van der Waals surface area contributed by atoms with Crippen molar-refractivity contribution in [3.8, 4) is 11.1 Å². The summed E-state index contributed by atoms with van der Waals surface area (Å²) < 4.78 is 0. The fourth-order valence-corrected chi connectivity index (χ4v) is 3.10. The Morgan fingerprint density at radius 2 is 1.95 bits per heavy atom. The van der Waals surface area contributed by atoms with E-state index in [0.717, 1.165) is 48.9 Å². The van der Waals surface area contributed by atoms with Crippen LogP contribution in [0.2, 0.25) is 0 Å². The number of carbonyl (C=O) groups is 1. The van der Waals surface area contributed by atoms with Gasteiger partial charge in [-0.05, 0) is 42.0 Å². The summed E-state index contributed by atoms with van der Waals surface area (Å²) in [5.41, 5.74) is 3.08. The number of aromatic nitrogens is 1. The number of amides is 1. The van der Waals surface area contributed by atoms with Crippen LogP contribution < -0.4 is 5.32 Å². The van der Waals surface area contributed by atoms with Gasteiger partial charge in [-0.25, -0.2) is 0 Å². The van der Waals surface area contributed by atoms with Gasteiger partial charge in [0.2, 0.25) is 5.91 Å². The Kier molecular flexibility index (Phi) is 4.23. The second kappa shape index (κ2) is 6.30. The summed E-state index contributed by atoms with van der Waals surface area (Å²) in [6, 6.07) is 12.4. The van der Waals surface area contributed by atoms with Gasteiger partial charge in [0.25, 0.3) is 0 Å². The molecule has 0 atom stereocenters. The highest BCUT2D eigenvalue weighted by Gasteiger charge is 2.45. The van der Waals surface area contributed by atoms with Crippen molar-refractivity contribution in [1.29, 1.82) is 0 Å². The normalized spacial score (nSPS) is 15.9. The van der Waals surface area contributed by atoms with Crippen LogP contribution in [0.1, 0.15) is 38.2 Å². The van der Waals surface area contributed by atoms with E-state index >= 15 is 0 Å². The molecule has 3 heteroatoms. The minimum Gasteiger partial charge on any atom is -0.355 e. The number of nitrogens with zero attached hydrogens (tertiary/aromatic N) is 1. The molecule has 1 fully saturated rings. The van der Waals surface area contributed by atoms with Gasteiger partial charge in [0.05, 0.1) is 5.41 Å². The first-order valence-electron chi connectivity index (χ1n) is 8.05. The van der Waals surface area contributed by atoms with E-state index in [2.05, 4.69) is 47.6 Å². The summed E-state index contributed by atoms with van der Waals surface area (Å²) in [5, 5.41) is 3.07. The minimum absolute atomic E-state index is 0.190. The average molecular weight is 294 g/mol. The quantitative estimate of drug-likeness (QED) is 0.913. The Bertz CT molecular complexity index is 630. The molecule has 0 bridgehead atoms. The minimum atomic E-state index is -0.303. The highest BCUT2D eigenvalue weighted by molar-refractivity contribution is 5.89. The largest absolute Gasteiger partial charge is 0.355 e. The Morgan fingerprint density at radius 1 is 1.18 bits per heavy atom. The molecule has 1 aromatic carbocycles. The zero-order valence-electron chi connectivity index (χ0n) is 13.0. The monoisotopic (exact) mass is 294 g/mol. The first kappa shape index (κ1) is 14.8. The van der Waals surface area contributed by atoms with Crippen LogP contribution in [0.4, 0.5) is 0 Å². The van der Waals surface area contributed by atoms with Crippen LogP contribution in [0.15, 0.2) is 48.8 Å². The molecule has 2 aromatic rings. The van der Waals surface area contributed by atoms with Crippen molar-refractivity contribution in [3.05, 3.63) is 54.4 Å². The molecular formula is C19H22N2O. The Labute approximate surface area is 131 Å². The van der Waals surface area contributed by atoms with E-state index < -0.39 is 0 Å². The number of hydrogen-bond acceptors (Lipinski definition) is 2. The van der Waals surface area contributed by atoms with Crippen LogP contribution in [0.3, 0.4) is 0 Å². The lowest BCUT2D eigenvalue weighted by Crippen LogP contribution is -2.49. The fourth-order valence-electron chi connectivity index (χ4n) is 3.10. The van der Waals surface area contributed by atoms with Crippen molar-refractivity contribution in [2.24, 2.45) is 0 Å². The van der Waals surface area contributed by atoms with Gasteiger partial charge in [-0.2, -0.15) is 0 Å². The molecule has 1 aromatic heterocycles. The summed E-state index contributed by atoms with van der Waals surface area (Å²) in [5.74, 6) is 0.190. The van der Waals surface area contributed by atoms with E-state index in [-0.39, 0.29) is 11.3 Å². The second-order valence-corrected chi connectivity index (χ2v) is 6.01. The van der Waals surface area contributed by atoms with Crippen LogP contribution in [-0.2, 0) is 10.2 Å². The lowest BCUT2D eigenvalue weighted by molar-refractivity contribution is -0.129. The third kappa shape index (κ3) is 2.63. The van der Waals surface area contributed by atoms with Gasteiger partial charge < -0.3 is 5.32 Å². The van der Waals surface area contributed by atoms with Crippen molar-refractivity contribution in [1.82, 2.24) is 10.3 Å². The molecule has 1 N–H and O–H groups in total. The van der Waals surface area contributed by atoms with Crippen molar-refractivity contribution >= 4 is 5.91 Å². The molecule has 1 aliphatic carbocycles. The summed E-state index contributed by atoms with van der Waals surface area (Å²) in [4.78, 5) is 16.7. The number of pyridine rings is 1. The van der Waals surface area contributed by atoms with Crippen molar-refractivity contribution in [2.45, 2.75) is 38.0 Å². The third-order valence-corrected chi connectivity index (χ3v) is 4.61. The Hall–Kier alpha value is -2.16. The first-order chi connectivity index (χ1) is 10.8. The zero-order chi connectivity index (χ0) is 15.4. The van der Waals surface area contributed by atoms with Gasteiger partial charge in [0.15, 0.2) is 0 Å². The van der Waals surface area contributed by atoms with Gasteiger partial charge >= 0.3 is 0 Å². The molecule has 114 valence electrons. The van der Waals surface area contributed by atoms with E-state index in [0.29, 0.717) is 0 Å². The van der Waals surface area contributed by atoms with Gasteiger partial charge in [-0.3, -0.25) is 9.78 Å². The number of carbonyl (C=O) groups excluding carboxylic acids is 1. The second-order valence-electron chi connectivity index (χ2n) is 6.01. The zero-order valence-corrected chi connectivity index (χ0v) is 13.0. The molecule has 0 unspecified atom stereocenters. The highest BCUT2D eigenvalue weighted by atomic mass is 16.2. The molecule has 1 heterocycles. The first-order valence-corrected chi connectivity index (χ1v) is 8.05. The molecule has 0 radical (unpaired) electrons. The predicted octanol–water partition coefficient (Wildman–Crippen LogP) is 3.70. The Morgan fingerprint density at radius 3 is 2.50 bits per heavy atom. The molecule has 22 heavy (non-hydrogen) atoms. The fraction of sp³-hybridized carbons (Fsp3) is 0.368. The number of rotatable bonds is 5. The van der Waals surface area contributed by atoms with Gasteiger partial charge in [0.1, 0.15) is 0 Å². The van der Waals surface area contributed by atoms with Gasteiger partial charge in [-0.1, -0.05) is 43.7 Å². The third-order valence-electron chi connectivity index (χ3n) is 4.61. The summed E-state index contributed by atoms with van der Waals surface area (Å²) >= 11 is 0. The topological polar surface area (TPSA) is 42.0 Å². The highest BCUT2D eigenvalue weighted by Crippen LogP contribution is 2.44. The summed E-state index contributed by atoms with van der Waals surface area (Å²) in [7, 11) is 0. The summed E-state index contributed by atoms with van der Waals surface area (Å²) in [6.45, 7) is 2.84. The lowest BCUT2D eigenvalue weighted by atomic mass is 9.63. The van der Waals surface area contributed by atoms with Crippen molar-refractivity contribution < 1.29 is 4.79 Å². The molecule has 1 amide bonds. The molecule has 1 aliphatic rings. The molecule has 0 spiro atoms. The van der Waals surface area contributed by atoms with E-state index in [1.807, 2.05) is 12.3 Å². The average Bonchev–Trinajstić information content (AvgIpc) is 2.53. The molecule has 3 nitrogen and oxygen atoms in total. The molecule has 1 saturated carbocycles. The number of nitrogens with one attached hydrogen (secondary N) is 1. The molecular weight excluding hydrogens is 272 g/mol. The van der Waals surface area contributed by atoms with Gasteiger partial charge in [0, 0.05) is 18.9 Å². The standard InChI is InChI=1S/C19H22N2O/c1-2-12-21-18(22)19(10-4-11-19)17-8-6-15(7-9-17)16-5-3-13-20-14-16/h3,5-9,13-14H,2,4,10-12H2,1H3,(H,21,22).